The predicted molar refractivity (Wildman–Crippen MR) is 91.7 cm³/mol. The van der Waals surface area contributed by atoms with Gasteiger partial charge in [-0.05, 0) is 42.1 Å². The number of rotatable bonds is 5. The molecule has 21 heavy (non-hydrogen) atoms. The standard InChI is InChI=1S/C20H27N/c1-21-19(14-16-8-3-2-4-9-16)15-18-12-7-11-17-10-5-6-13-20(17)18/h5-7,10-13,16,19,21H,2-4,8-9,14-15H2,1H3. The van der Waals surface area contributed by atoms with E-state index in [9.17, 15) is 0 Å². The lowest BCUT2D eigenvalue weighted by Crippen LogP contribution is -2.30. The van der Waals surface area contributed by atoms with E-state index in [4.69, 9.17) is 0 Å². The third-order valence-electron chi connectivity index (χ3n) is 5.10. The first-order chi connectivity index (χ1) is 10.4. The molecule has 2 aromatic rings. The Labute approximate surface area is 128 Å². The normalized spacial score (nSPS) is 18.0. The van der Waals surface area contributed by atoms with E-state index in [0.29, 0.717) is 6.04 Å². The third-order valence-corrected chi connectivity index (χ3v) is 5.10. The second-order valence-electron chi connectivity index (χ2n) is 6.57. The molecule has 0 amide bonds. The number of hydrogen-bond donors (Lipinski definition) is 1. The maximum atomic E-state index is 3.56. The molecule has 1 nitrogen and oxygen atoms in total. The lowest BCUT2D eigenvalue weighted by atomic mass is 9.83. The zero-order valence-electron chi connectivity index (χ0n) is 13.1. The van der Waals surface area contributed by atoms with Gasteiger partial charge in [0.05, 0.1) is 0 Å². The zero-order chi connectivity index (χ0) is 14.5. The summed E-state index contributed by atoms with van der Waals surface area (Å²) in [6.07, 6.45) is 9.68. The molecule has 1 aliphatic carbocycles. The van der Waals surface area contributed by atoms with Gasteiger partial charge in [0.15, 0.2) is 0 Å². The van der Waals surface area contributed by atoms with Gasteiger partial charge >= 0.3 is 0 Å². The summed E-state index contributed by atoms with van der Waals surface area (Å²) in [5.41, 5.74) is 1.49. The van der Waals surface area contributed by atoms with E-state index in [-0.39, 0.29) is 0 Å². The molecule has 1 fully saturated rings. The molecule has 1 heteroatoms. The van der Waals surface area contributed by atoms with Crippen molar-refractivity contribution in [2.24, 2.45) is 5.92 Å². The third kappa shape index (κ3) is 3.65. The highest BCUT2D eigenvalue weighted by molar-refractivity contribution is 5.85. The number of benzene rings is 2. The molecule has 1 saturated carbocycles. The number of hydrogen-bond acceptors (Lipinski definition) is 1. The van der Waals surface area contributed by atoms with E-state index >= 15 is 0 Å². The van der Waals surface area contributed by atoms with Gasteiger partial charge in [-0.3, -0.25) is 0 Å². The Balaban J connectivity index is 1.72. The van der Waals surface area contributed by atoms with E-state index < -0.39 is 0 Å². The van der Waals surface area contributed by atoms with Gasteiger partial charge in [-0.25, -0.2) is 0 Å². The Bertz CT molecular complexity index is 564. The summed E-state index contributed by atoms with van der Waals surface area (Å²) >= 11 is 0. The molecule has 1 atom stereocenters. The van der Waals surface area contributed by atoms with E-state index in [1.807, 2.05) is 0 Å². The molecule has 1 N–H and O–H groups in total. The molecule has 1 aliphatic rings. The van der Waals surface area contributed by atoms with Crippen LogP contribution in [0.3, 0.4) is 0 Å². The van der Waals surface area contributed by atoms with Crippen molar-refractivity contribution >= 4 is 10.8 Å². The number of nitrogens with one attached hydrogen (secondary N) is 1. The van der Waals surface area contributed by atoms with Crippen LogP contribution in [0.15, 0.2) is 42.5 Å². The largest absolute Gasteiger partial charge is 0.317 e. The first-order valence-electron chi connectivity index (χ1n) is 8.50. The van der Waals surface area contributed by atoms with Crippen LogP contribution in [0.1, 0.15) is 44.1 Å². The summed E-state index contributed by atoms with van der Waals surface area (Å²) in [6, 6.07) is 16.1. The summed E-state index contributed by atoms with van der Waals surface area (Å²) in [5, 5.41) is 6.35. The summed E-state index contributed by atoms with van der Waals surface area (Å²) < 4.78 is 0. The maximum absolute atomic E-state index is 3.56. The van der Waals surface area contributed by atoms with Crippen LogP contribution in [0.25, 0.3) is 10.8 Å². The van der Waals surface area contributed by atoms with Crippen molar-refractivity contribution < 1.29 is 0 Å². The molecule has 0 heterocycles. The van der Waals surface area contributed by atoms with Gasteiger partial charge in [-0.1, -0.05) is 74.6 Å². The highest BCUT2D eigenvalue weighted by Crippen LogP contribution is 2.29. The van der Waals surface area contributed by atoms with Crippen LogP contribution >= 0.6 is 0 Å². The van der Waals surface area contributed by atoms with Crippen LogP contribution in [-0.2, 0) is 6.42 Å². The summed E-state index contributed by atoms with van der Waals surface area (Å²) in [6.45, 7) is 0. The van der Waals surface area contributed by atoms with Gasteiger partial charge in [0.2, 0.25) is 0 Å². The Morgan fingerprint density at radius 2 is 1.76 bits per heavy atom. The number of fused-ring (bicyclic) bond motifs is 1. The van der Waals surface area contributed by atoms with Crippen LogP contribution in [0.2, 0.25) is 0 Å². The van der Waals surface area contributed by atoms with E-state index in [1.165, 1.54) is 54.9 Å². The Kier molecular flexibility index (Phi) is 4.92. The van der Waals surface area contributed by atoms with Gasteiger partial charge in [-0.15, -0.1) is 0 Å². The average Bonchev–Trinajstić information content (AvgIpc) is 2.55. The van der Waals surface area contributed by atoms with Crippen LogP contribution in [0.5, 0.6) is 0 Å². The first-order valence-corrected chi connectivity index (χ1v) is 8.50. The molecule has 0 aliphatic heterocycles. The first kappa shape index (κ1) is 14.6. The second kappa shape index (κ2) is 7.09. The monoisotopic (exact) mass is 281 g/mol. The van der Waals surface area contributed by atoms with Crippen molar-refractivity contribution in [2.75, 3.05) is 7.05 Å². The Morgan fingerprint density at radius 3 is 2.57 bits per heavy atom. The highest BCUT2D eigenvalue weighted by Gasteiger charge is 2.18. The molecular weight excluding hydrogens is 254 g/mol. The van der Waals surface area contributed by atoms with Crippen LogP contribution in [0.4, 0.5) is 0 Å². The van der Waals surface area contributed by atoms with Crippen LogP contribution in [0, 0.1) is 5.92 Å². The van der Waals surface area contributed by atoms with Gasteiger partial charge in [-0.2, -0.15) is 0 Å². The van der Waals surface area contributed by atoms with Crippen LogP contribution < -0.4 is 5.32 Å². The Hall–Kier alpha value is -1.34. The molecule has 1 unspecified atom stereocenters. The van der Waals surface area contributed by atoms with Crippen LogP contribution in [-0.4, -0.2) is 13.1 Å². The fourth-order valence-electron chi connectivity index (χ4n) is 3.86. The molecule has 0 spiro atoms. The Morgan fingerprint density at radius 1 is 1.00 bits per heavy atom. The highest BCUT2D eigenvalue weighted by atomic mass is 14.9. The van der Waals surface area contributed by atoms with Crippen molar-refractivity contribution in [2.45, 2.75) is 51.0 Å². The maximum Gasteiger partial charge on any atom is 0.0107 e. The smallest absolute Gasteiger partial charge is 0.0107 e. The summed E-state index contributed by atoms with van der Waals surface area (Å²) in [7, 11) is 2.12. The molecule has 112 valence electrons. The number of likely N-dealkylation sites (N-methyl/N-ethyl adjacent to an activating group) is 1. The minimum atomic E-state index is 0.610. The molecule has 3 rings (SSSR count). The van der Waals surface area contributed by atoms with Gasteiger partial charge < -0.3 is 5.32 Å². The molecule has 0 saturated heterocycles. The summed E-state index contributed by atoms with van der Waals surface area (Å²) in [4.78, 5) is 0. The summed E-state index contributed by atoms with van der Waals surface area (Å²) in [5.74, 6) is 0.936. The fraction of sp³-hybridized carbons (Fsp3) is 0.500. The second-order valence-corrected chi connectivity index (χ2v) is 6.57. The minimum Gasteiger partial charge on any atom is -0.317 e. The lowest BCUT2D eigenvalue weighted by molar-refractivity contribution is 0.303. The molecular formula is C20H27N. The molecule has 0 bridgehead atoms. The van der Waals surface area contributed by atoms with Gasteiger partial charge in [0.1, 0.15) is 0 Å². The molecule has 2 aromatic carbocycles. The minimum absolute atomic E-state index is 0.610. The molecule has 0 radical (unpaired) electrons. The zero-order valence-corrected chi connectivity index (χ0v) is 13.1. The van der Waals surface area contributed by atoms with Crippen molar-refractivity contribution in [1.82, 2.24) is 5.32 Å². The lowest BCUT2D eigenvalue weighted by Gasteiger charge is -2.26. The quantitative estimate of drug-likeness (QED) is 0.818. The average molecular weight is 281 g/mol. The van der Waals surface area contributed by atoms with Crippen molar-refractivity contribution in [3.05, 3.63) is 48.0 Å². The fourth-order valence-corrected chi connectivity index (χ4v) is 3.86. The molecule has 0 aromatic heterocycles. The SMILES string of the molecule is CNC(Cc1cccc2ccccc12)CC1CCCCC1. The van der Waals surface area contributed by atoms with E-state index in [0.717, 1.165) is 12.3 Å². The van der Waals surface area contributed by atoms with E-state index in [1.54, 1.807) is 0 Å². The predicted octanol–water partition coefficient (Wildman–Crippen LogP) is 4.94. The van der Waals surface area contributed by atoms with Gasteiger partial charge in [0.25, 0.3) is 0 Å². The topological polar surface area (TPSA) is 12.0 Å². The van der Waals surface area contributed by atoms with E-state index in [2.05, 4.69) is 54.8 Å². The van der Waals surface area contributed by atoms with Crippen molar-refractivity contribution in [3.8, 4) is 0 Å². The van der Waals surface area contributed by atoms with Crippen molar-refractivity contribution in [1.29, 1.82) is 0 Å². The van der Waals surface area contributed by atoms with Crippen molar-refractivity contribution in [3.63, 3.8) is 0 Å². The van der Waals surface area contributed by atoms with Gasteiger partial charge in [0, 0.05) is 6.04 Å².